The summed E-state index contributed by atoms with van der Waals surface area (Å²) in [6, 6.07) is 5.44. The van der Waals surface area contributed by atoms with Crippen LogP contribution < -0.4 is 5.32 Å². The molecule has 0 saturated heterocycles. The molecule has 0 saturated carbocycles. The molecule has 2 rings (SSSR count). The van der Waals surface area contributed by atoms with Crippen molar-refractivity contribution in [1.82, 2.24) is 4.98 Å². The topological polar surface area (TPSA) is 75.4 Å². The van der Waals surface area contributed by atoms with Gasteiger partial charge in [-0.1, -0.05) is 13.8 Å². The van der Waals surface area contributed by atoms with E-state index in [0.29, 0.717) is 25.2 Å². The lowest BCUT2D eigenvalue weighted by atomic mass is 10.2. The molecule has 1 aromatic heterocycles. The molecule has 1 heterocycles. The Bertz CT molecular complexity index is 590. The number of carbonyl (C=O) groups is 1. The third-order valence-corrected chi connectivity index (χ3v) is 2.99. The quantitative estimate of drug-likeness (QED) is 0.795. The summed E-state index contributed by atoms with van der Waals surface area (Å²) in [5.74, 6) is 0.885. The van der Waals surface area contributed by atoms with Crippen molar-refractivity contribution < 1.29 is 14.3 Å². The highest BCUT2D eigenvalue weighted by molar-refractivity contribution is 5.92. The number of nitrogens with one attached hydrogen (secondary N) is 1. The SMILES string of the molecule is CC(C)c1nc2cc(NC(=O)CCCCO)ccc2o1. The molecule has 0 aliphatic rings. The van der Waals surface area contributed by atoms with Gasteiger partial charge >= 0.3 is 0 Å². The summed E-state index contributed by atoms with van der Waals surface area (Å²) in [6.45, 7) is 4.17. The van der Waals surface area contributed by atoms with Crippen molar-refractivity contribution in [3.05, 3.63) is 24.1 Å². The maximum absolute atomic E-state index is 11.7. The zero-order valence-corrected chi connectivity index (χ0v) is 11.8. The maximum Gasteiger partial charge on any atom is 0.224 e. The monoisotopic (exact) mass is 276 g/mol. The molecule has 0 aliphatic heterocycles. The number of fused-ring (bicyclic) bond motifs is 1. The van der Waals surface area contributed by atoms with E-state index >= 15 is 0 Å². The standard InChI is InChI=1S/C15H20N2O3/c1-10(2)15-17-12-9-11(6-7-13(12)20-15)16-14(19)5-3-4-8-18/h6-7,9-10,18H,3-5,8H2,1-2H3,(H,16,19). The molecule has 0 bridgehead atoms. The first-order chi connectivity index (χ1) is 9.60. The highest BCUT2D eigenvalue weighted by atomic mass is 16.3. The van der Waals surface area contributed by atoms with Gasteiger partial charge in [-0.05, 0) is 31.0 Å². The van der Waals surface area contributed by atoms with Crippen LogP contribution >= 0.6 is 0 Å². The Morgan fingerprint density at radius 3 is 2.90 bits per heavy atom. The van der Waals surface area contributed by atoms with Gasteiger partial charge in [0.2, 0.25) is 5.91 Å². The molecule has 1 amide bonds. The van der Waals surface area contributed by atoms with Gasteiger partial charge in [-0.2, -0.15) is 0 Å². The minimum absolute atomic E-state index is 0.0506. The number of amides is 1. The van der Waals surface area contributed by atoms with Gasteiger partial charge in [0.15, 0.2) is 11.5 Å². The van der Waals surface area contributed by atoms with Gasteiger partial charge in [0.25, 0.3) is 0 Å². The number of aliphatic hydroxyl groups excluding tert-OH is 1. The number of unbranched alkanes of at least 4 members (excludes halogenated alkanes) is 1. The number of carbonyl (C=O) groups excluding carboxylic acids is 1. The molecule has 0 fully saturated rings. The van der Waals surface area contributed by atoms with Crippen LogP contribution in [-0.2, 0) is 4.79 Å². The minimum Gasteiger partial charge on any atom is -0.440 e. The van der Waals surface area contributed by atoms with Crippen molar-refractivity contribution in [2.24, 2.45) is 0 Å². The number of oxazole rings is 1. The highest BCUT2D eigenvalue weighted by Gasteiger charge is 2.10. The summed E-state index contributed by atoms with van der Waals surface area (Å²) in [4.78, 5) is 16.1. The number of hydrogen-bond donors (Lipinski definition) is 2. The van der Waals surface area contributed by atoms with Gasteiger partial charge in [-0.15, -0.1) is 0 Å². The summed E-state index contributed by atoms with van der Waals surface area (Å²) in [6.07, 6.45) is 1.74. The first kappa shape index (κ1) is 14.5. The van der Waals surface area contributed by atoms with E-state index in [1.165, 1.54) is 0 Å². The molecule has 0 radical (unpaired) electrons. The number of anilines is 1. The van der Waals surface area contributed by atoms with E-state index in [4.69, 9.17) is 9.52 Å². The van der Waals surface area contributed by atoms with Crippen molar-refractivity contribution in [2.75, 3.05) is 11.9 Å². The lowest BCUT2D eigenvalue weighted by molar-refractivity contribution is -0.116. The molecule has 0 unspecified atom stereocenters. The number of aromatic nitrogens is 1. The van der Waals surface area contributed by atoms with Crippen LogP contribution in [0.5, 0.6) is 0 Å². The average molecular weight is 276 g/mol. The highest BCUT2D eigenvalue weighted by Crippen LogP contribution is 2.23. The maximum atomic E-state index is 11.7. The van der Waals surface area contributed by atoms with Crippen LogP contribution in [0.2, 0.25) is 0 Å². The smallest absolute Gasteiger partial charge is 0.224 e. The van der Waals surface area contributed by atoms with Gasteiger partial charge in [-0.3, -0.25) is 4.79 Å². The van der Waals surface area contributed by atoms with Crippen molar-refractivity contribution >= 4 is 22.7 Å². The first-order valence-electron chi connectivity index (χ1n) is 6.91. The van der Waals surface area contributed by atoms with Crippen LogP contribution in [0.3, 0.4) is 0 Å². The second-order valence-corrected chi connectivity index (χ2v) is 5.12. The number of nitrogens with zero attached hydrogens (tertiary/aromatic N) is 1. The molecule has 0 atom stereocenters. The number of rotatable bonds is 6. The summed E-state index contributed by atoms with van der Waals surface area (Å²) in [5.41, 5.74) is 2.20. The second-order valence-electron chi connectivity index (χ2n) is 5.12. The van der Waals surface area contributed by atoms with Crippen molar-refractivity contribution in [3.8, 4) is 0 Å². The molecular weight excluding hydrogens is 256 g/mol. The largest absolute Gasteiger partial charge is 0.440 e. The number of aliphatic hydroxyl groups is 1. The van der Waals surface area contributed by atoms with Crippen LogP contribution in [0, 0.1) is 0 Å². The molecule has 108 valence electrons. The lowest BCUT2D eigenvalue weighted by Crippen LogP contribution is -2.11. The minimum atomic E-state index is -0.0506. The molecule has 0 aliphatic carbocycles. The van der Waals surface area contributed by atoms with Crippen LogP contribution in [-0.4, -0.2) is 22.6 Å². The number of benzene rings is 1. The van der Waals surface area contributed by atoms with Gasteiger partial charge in [0.05, 0.1) is 0 Å². The molecule has 0 spiro atoms. The zero-order chi connectivity index (χ0) is 14.5. The predicted molar refractivity (Wildman–Crippen MR) is 77.7 cm³/mol. The predicted octanol–water partition coefficient (Wildman–Crippen LogP) is 3.05. The fourth-order valence-corrected chi connectivity index (χ4v) is 1.89. The van der Waals surface area contributed by atoms with Crippen molar-refractivity contribution in [1.29, 1.82) is 0 Å². The van der Waals surface area contributed by atoms with Gasteiger partial charge in [0, 0.05) is 24.6 Å². The zero-order valence-electron chi connectivity index (χ0n) is 11.8. The summed E-state index contributed by atoms with van der Waals surface area (Å²) in [5, 5.41) is 11.5. The normalized spacial score (nSPS) is 11.2. The van der Waals surface area contributed by atoms with E-state index in [1.807, 2.05) is 32.0 Å². The molecular formula is C15H20N2O3. The molecule has 20 heavy (non-hydrogen) atoms. The number of hydrogen-bond acceptors (Lipinski definition) is 4. The summed E-state index contributed by atoms with van der Waals surface area (Å²) in [7, 11) is 0. The average Bonchev–Trinajstić information content (AvgIpc) is 2.82. The fraction of sp³-hybridized carbons (Fsp3) is 0.467. The van der Waals surface area contributed by atoms with E-state index in [2.05, 4.69) is 10.3 Å². The molecule has 5 nitrogen and oxygen atoms in total. The van der Waals surface area contributed by atoms with E-state index < -0.39 is 0 Å². The van der Waals surface area contributed by atoms with E-state index in [1.54, 1.807) is 0 Å². The Hall–Kier alpha value is -1.88. The summed E-state index contributed by atoms with van der Waals surface area (Å²) < 4.78 is 5.62. The molecule has 2 aromatic rings. The first-order valence-corrected chi connectivity index (χ1v) is 6.91. The van der Waals surface area contributed by atoms with Crippen molar-refractivity contribution in [2.45, 2.75) is 39.0 Å². The Kier molecular flexibility index (Phi) is 4.74. The van der Waals surface area contributed by atoms with Crippen LogP contribution in [0.15, 0.2) is 22.6 Å². The van der Waals surface area contributed by atoms with Crippen molar-refractivity contribution in [3.63, 3.8) is 0 Å². The van der Waals surface area contributed by atoms with E-state index in [9.17, 15) is 4.79 Å². The van der Waals surface area contributed by atoms with Crippen LogP contribution in [0.1, 0.15) is 44.9 Å². The van der Waals surface area contributed by atoms with E-state index in [0.717, 1.165) is 16.8 Å². The molecule has 5 heteroatoms. The van der Waals surface area contributed by atoms with Crippen LogP contribution in [0.25, 0.3) is 11.1 Å². The van der Waals surface area contributed by atoms with Gasteiger partial charge < -0.3 is 14.8 Å². The molecule has 2 N–H and O–H groups in total. The second kappa shape index (κ2) is 6.52. The summed E-state index contributed by atoms with van der Waals surface area (Å²) >= 11 is 0. The lowest BCUT2D eigenvalue weighted by Gasteiger charge is -2.04. The third-order valence-electron chi connectivity index (χ3n) is 2.99. The Balaban J connectivity index is 2.05. The van der Waals surface area contributed by atoms with Gasteiger partial charge in [0.1, 0.15) is 5.52 Å². The molecule has 1 aromatic carbocycles. The Labute approximate surface area is 118 Å². The van der Waals surface area contributed by atoms with Crippen LogP contribution in [0.4, 0.5) is 5.69 Å². The Morgan fingerprint density at radius 1 is 1.40 bits per heavy atom. The Morgan fingerprint density at radius 2 is 2.20 bits per heavy atom. The van der Waals surface area contributed by atoms with E-state index in [-0.39, 0.29) is 18.4 Å². The third kappa shape index (κ3) is 3.57. The van der Waals surface area contributed by atoms with Gasteiger partial charge in [-0.25, -0.2) is 4.98 Å². The fourth-order valence-electron chi connectivity index (χ4n) is 1.89.